The zero-order valence-electron chi connectivity index (χ0n) is 16.0. The molecular weight excluding hydrogens is 370 g/mol. The van der Waals surface area contributed by atoms with Crippen molar-refractivity contribution in [1.82, 2.24) is 10.2 Å². The minimum absolute atomic E-state index is 0.0199. The normalized spacial score (nSPS) is 23.8. The number of amides is 1. The maximum atomic E-state index is 12.7. The molecule has 2 fully saturated rings. The summed E-state index contributed by atoms with van der Waals surface area (Å²) in [5.41, 5.74) is 0.155. The van der Waals surface area contributed by atoms with Crippen LogP contribution >= 0.6 is 0 Å². The summed E-state index contributed by atoms with van der Waals surface area (Å²) in [6, 6.07) is 12.4. The van der Waals surface area contributed by atoms with Gasteiger partial charge in [-0.05, 0) is 42.5 Å². The number of carbonyl (C=O) groups is 2. The largest absolute Gasteiger partial charge is 0.491 e. The number of hydrogen-bond acceptors (Lipinski definition) is 5. The Morgan fingerprint density at radius 3 is 2.83 bits per heavy atom. The number of nitrogens with one attached hydrogen (secondary N) is 1. The predicted molar refractivity (Wildman–Crippen MR) is 107 cm³/mol. The Kier molecular flexibility index (Phi) is 5.36. The highest BCUT2D eigenvalue weighted by atomic mass is 16.5. The summed E-state index contributed by atoms with van der Waals surface area (Å²) in [4.78, 5) is 26.2. The highest BCUT2D eigenvalue weighted by Gasteiger charge is 2.37. The molecule has 7 nitrogen and oxygen atoms in total. The number of likely N-dealkylation sites (tertiary alicyclic amines) is 1. The second kappa shape index (κ2) is 8.10. The number of carbonyl (C=O) groups excluding carboxylic acids is 1. The molecule has 150 valence electrons. The monoisotopic (exact) mass is 393 g/mol. The minimum atomic E-state index is -1.03. The van der Waals surface area contributed by atoms with Gasteiger partial charge in [-0.3, -0.25) is 10.1 Å². The Bertz CT molecular complexity index is 984. The number of hydrogen-bond donors (Lipinski definition) is 2. The van der Waals surface area contributed by atoms with Crippen LogP contribution in [0.25, 0.3) is 10.8 Å². The molecule has 2 aliphatic heterocycles. The van der Waals surface area contributed by atoms with Crippen LogP contribution in [-0.2, 0) is 4.79 Å². The highest BCUT2D eigenvalue weighted by Crippen LogP contribution is 2.29. The van der Waals surface area contributed by atoms with E-state index in [4.69, 9.17) is 4.74 Å². The van der Waals surface area contributed by atoms with Crippen molar-refractivity contribution in [3.8, 4) is 11.8 Å². The first-order valence-corrected chi connectivity index (χ1v) is 9.92. The van der Waals surface area contributed by atoms with E-state index in [1.165, 1.54) is 0 Å². The van der Waals surface area contributed by atoms with Crippen molar-refractivity contribution >= 4 is 22.6 Å². The number of nitriles is 1. The number of carboxylic acid groups (broad SMARTS) is 1. The molecule has 3 atom stereocenters. The van der Waals surface area contributed by atoms with Gasteiger partial charge in [0.25, 0.3) is 0 Å². The molecule has 4 rings (SSSR count). The molecule has 0 radical (unpaired) electrons. The van der Waals surface area contributed by atoms with Gasteiger partial charge in [0.05, 0.1) is 12.1 Å². The first-order valence-electron chi connectivity index (χ1n) is 9.92. The Morgan fingerprint density at radius 1 is 1.21 bits per heavy atom. The van der Waals surface area contributed by atoms with Crippen molar-refractivity contribution in [1.29, 1.82) is 5.26 Å². The van der Waals surface area contributed by atoms with Gasteiger partial charge < -0.3 is 14.7 Å². The second-order valence-corrected chi connectivity index (χ2v) is 7.59. The van der Waals surface area contributed by atoms with E-state index in [2.05, 4.69) is 11.4 Å². The predicted octanol–water partition coefficient (Wildman–Crippen LogP) is 2.55. The lowest BCUT2D eigenvalue weighted by atomic mass is 10.0. The molecule has 0 bridgehead atoms. The molecule has 0 unspecified atom stereocenters. The molecule has 0 aliphatic carbocycles. The van der Waals surface area contributed by atoms with Crippen LogP contribution in [0.2, 0.25) is 0 Å². The maximum Gasteiger partial charge on any atom is 0.340 e. The third-order valence-corrected chi connectivity index (χ3v) is 5.77. The smallest absolute Gasteiger partial charge is 0.340 e. The first kappa shape index (κ1) is 19.2. The number of rotatable bonds is 5. The number of nitrogens with zero attached hydrogens (tertiary/aromatic N) is 2. The summed E-state index contributed by atoms with van der Waals surface area (Å²) in [6.07, 6.45) is 3.05. The summed E-state index contributed by atoms with van der Waals surface area (Å²) in [5, 5.41) is 23.7. The Morgan fingerprint density at radius 2 is 2.03 bits per heavy atom. The summed E-state index contributed by atoms with van der Waals surface area (Å²) < 4.78 is 5.87. The van der Waals surface area contributed by atoms with E-state index in [1.54, 1.807) is 23.1 Å². The van der Waals surface area contributed by atoms with Crippen molar-refractivity contribution in [2.75, 3.05) is 13.2 Å². The van der Waals surface area contributed by atoms with Gasteiger partial charge in [0.2, 0.25) is 5.91 Å². The van der Waals surface area contributed by atoms with E-state index in [1.807, 2.05) is 18.2 Å². The van der Waals surface area contributed by atoms with Crippen molar-refractivity contribution in [2.24, 2.45) is 0 Å². The lowest BCUT2D eigenvalue weighted by molar-refractivity contribution is -0.133. The first-order chi connectivity index (χ1) is 14.1. The number of fused-ring (bicyclic) bond motifs is 1. The van der Waals surface area contributed by atoms with Crippen LogP contribution in [0, 0.1) is 11.3 Å². The van der Waals surface area contributed by atoms with E-state index in [-0.39, 0.29) is 36.2 Å². The van der Waals surface area contributed by atoms with Crippen LogP contribution in [0.5, 0.6) is 5.75 Å². The molecule has 0 aromatic heterocycles. The fourth-order valence-corrected chi connectivity index (χ4v) is 4.29. The molecule has 29 heavy (non-hydrogen) atoms. The van der Waals surface area contributed by atoms with Gasteiger partial charge in [-0.2, -0.15) is 5.26 Å². The van der Waals surface area contributed by atoms with E-state index in [0.717, 1.165) is 24.6 Å². The Labute approximate surface area is 168 Å². The molecule has 7 heteroatoms. The minimum Gasteiger partial charge on any atom is -0.491 e. The SMILES string of the molecule is N#C[C@@H]1CCCN1C(=O)[C@@H]1CC[C@H](COc2ccc3ccccc3c2C(=O)O)N1. The zero-order valence-corrected chi connectivity index (χ0v) is 16.0. The molecule has 2 N–H and O–H groups in total. The van der Waals surface area contributed by atoms with Gasteiger partial charge in [-0.25, -0.2) is 4.79 Å². The molecule has 0 spiro atoms. The second-order valence-electron chi connectivity index (χ2n) is 7.59. The maximum absolute atomic E-state index is 12.7. The van der Waals surface area contributed by atoms with Crippen LogP contribution < -0.4 is 10.1 Å². The van der Waals surface area contributed by atoms with Crippen molar-refractivity contribution in [3.63, 3.8) is 0 Å². The number of ether oxygens (including phenoxy) is 1. The van der Waals surface area contributed by atoms with Gasteiger partial charge in [-0.15, -0.1) is 0 Å². The lowest BCUT2D eigenvalue weighted by Gasteiger charge is -2.24. The fraction of sp³-hybridized carbons (Fsp3) is 0.409. The summed E-state index contributed by atoms with van der Waals surface area (Å²) >= 11 is 0. The molecule has 1 amide bonds. The quantitative estimate of drug-likeness (QED) is 0.809. The van der Waals surface area contributed by atoms with Gasteiger partial charge in [0.15, 0.2) is 0 Å². The average molecular weight is 393 g/mol. The Hall–Kier alpha value is -3.11. The van der Waals surface area contributed by atoms with Gasteiger partial charge in [-0.1, -0.05) is 30.3 Å². The van der Waals surface area contributed by atoms with Crippen LogP contribution in [0.3, 0.4) is 0 Å². The summed E-state index contributed by atoms with van der Waals surface area (Å²) in [5.74, 6) is -0.717. The van der Waals surface area contributed by atoms with E-state index < -0.39 is 5.97 Å². The van der Waals surface area contributed by atoms with Crippen molar-refractivity contribution in [3.05, 3.63) is 42.0 Å². The molecule has 2 aliphatic rings. The number of carboxylic acids is 1. The van der Waals surface area contributed by atoms with Gasteiger partial charge in [0.1, 0.15) is 24.0 Å². The molecular formula is C22H23N3O4. The van der Waals surface area contributed by atoms with E-state index >= 15 is 0 Å². The van der Waals surface area contributed by atoms with Crippen LogP contribution in [0.15, 0.2) is 36.4 Å². The average Bonchev–Trinajstić information content (AvgIpc) is 3.40. The molecule has 2 saturated heterocycles. The van der Waals surface area contributed by atoms with E-state index in [9.17, 15) is 20.0 Å². The summed E-state index contributed by atoms with van der Waals surface area (Å²) in [6.45, 7) is 0.916. The zero-order chi connectivity index (χ0) is 20.4. The third kappa shape index (κ3) is 3.76. The Balaban J connectivity index is 1.42. The molecule has 0 saturated carbocycles. The third-order valence-electron chi connectivity index (χ3n) is 5.77. The standard InChI is InChI=1S/C22H23N3O4/c23-12-16-5-3-11-25(16)21(26)18-9-8-15(24-18)13-29-19-10-7-14-4-1-2-6-17(14)20(19)22(27)28/h1-2,4,6-7,10,15-16,18,24H,3,5,8-9,11,13H2,(H,27,28)/t15-,16+,18+/m1/s1. The fourth-order valence-electron chi connectivity index (χ4n) is 4.29. The molecule has 2 heterocycles. The van der Waals surface area contributed by atoms with Crippen molar-refractivity contribution < 1.29 is 19.4 Å². The topological polar surface area (TPSA) is 103 Å². The van der Waals surface area contributed by atoms with Crippen LogP contribution in [0.1, 0.15) is 36.0 Å². The highest BCUT2D eigenvalue weighted by molar-refractivity contribution is 6.06. The molecule has 2 aromatic carbocycles. The van der Waals surface area contributed by atoms with Gasteiger partial charge >= 0.3 is 5.97 Å². The number of benzene rings is 2. The molecule has 2 aromatic rings. The summed E-state index contributed by atoms with van der Waals surface area (Å²) in [7, 11) is 0. The van der Waals surface area contributed by atoms with Crippen molar-refractivity contribution in [2.45, 2.75) is 43.8 Å². The van der Waals surface area contributed by atoms with Gasteiger partial charge in [0, 0.05) is 12.6 Å². The van der Waals surface area contributed by atoms with E-state index in [0.29, 0.717) is 24.1 Å². The van der Waals surface area contributed by atoms with Crippen LogP contribution in [0.4, 0.5) is 0 Å². The lowest BCUT2D eigenvalue weighted by Crippen LogP contribution is -2.47. The number of aromatic carboxylic acids is 1. The van der Waals surface area contributed by atoms with Crippen LogP contribution in [-0.4, -0.2) is 53.2 Å².